The molecule has 1 aromatic rings. The molecule has 0 bridgehead atoms. The summed E-state index contributed by atoms with van der Waals surface area (Å²) in [7, 11) is 3.65. The first-order valence-corrected chi connectivity index (χ1v) is 11.7. The molecular weight excluding hydrogens is 392 g/mol. The molecule has 170 valence electrons. The van der Waals surface area contributed by atoms with Crippen LogP contribution < -0.4 is 4.74 Å². The third kappa shape index (κ3) is 4.74. The van der Waals surface area contributed by atoms with Gasteiger partial charge in [0.05, 0.1) is 12.6 Å². The van der Waals surface area contributed by atoms with E-state index in [9.17, 15) is 9.59 Å². The average molecular weight is 429 g/mol. The molecule has 0 radical (unpaired) electrons. The van der Waals surface area contributed by atoms with Gasteiger partial charge in [0.1, 0.15) is 11.4 Å². The molecule has 31 heavy (non-hydrogen) atoms. The van der Waals surface area contributed by atoms with Crippen LogP contribution in [0.25, 0.3) is 0 Å². The van der Waals surface area contributed by atoms with Gasteiger partial charge < -0.3 is 19.3 Å². The van der Waals surface area contributed by atoms with E-state index in [1.54, 1.807) is 14.0 Å². The lowest BCUT2D eigenvalue weighted by atomic mass is 9.80. The summed E-state index contributed by atoms with van der Waals surface area (Å²) < 4.78 is 12.2. The first-order chi connectivity index (χ1) is 14.9. The molecule has 2 aliphatic carbocycles. The van der Waals surface area contributed by atoms with Gasteiger partial charge in [-0.05, 0) is 57.4 Å². The fraction of sp³-hybridized carbons (Fsp3) is 0.680. The predicted molar refractivity (Wildman–Crippen MR) is 119 cm³/mol. The fourth-order valence-corrected chi connectivity index (χ4v) is 5.60. The maximum Gasteiger partial charge on any atom is 0.226 e. The second-order valence-electron chi connectivity index (χ2n) is 9.66. The van der Waals surface area contributed by atoms with E-state index in [2.05, 4.69) is 11.0 Å². The molecule has 0 atom stereocenters. The van der Waals surface area contributed by atoms with Crippen molar-refractivity contribution >= 4 is 11.8 Å². The van der Waals surface area contributed by atoms with E-state index in [-0.39, 0.29) is 35.5 Å². The maximum absolute atomic E-state index is 13.6. The van der Waals surface area contributed by atoms with Crippen molar-refractivity contribution in [2.24, 2.45) is 5.92 Å². The Bertz CT molecular complexity index is 794. The molecule has 2 amide bonds. The monoisotopic (exact) mass is 428 g/mol. The number of carbonyl (C=O) groups excluding carboxylic acids is 2. The molecule has 1 aliphatic heterocycles. The second-order valence-corrected chi connectivity index (χ2v) is 9.66. The van der Waals surface area contributed by atoms with Crippen LogP contribution in [0, 0.1) is 5.92 Å². The summed E-state index contributed by atoms with van der Waals surface area (Å²) in [5.74, 6) is 1.35. The molecule has 0 aromatic heterocycles. The number of amides is 2. The Labute approximate surface area is 185 Å². The van der Waals surface area contributed by atoms with Gasteiger partial charge in [0.25, 0.3) is 0 Å². The first-order valence-electron chi connectivity index (χ1n) is 11.7. The van der Waals surface area contributed by atoms with Crippen molar-refractivity contribution in [1.82, 2.24) is 9.80 Å². The minimum absolute atomic E-state index is 0.0777. The Morgan fingerprint density at radius 1 is 1.10 bits per heavy atom. The van der Waals surface area contributed by atoms with Gasteiger partial charge in [0, 0.05) is 45.1 Å². The summed E-state index contributed by atoms with van der Waals surface area (Å²) in [6.45, 7) is 2.86. The highest BCUT2D eigenvalue weighted by molar-refractivity contribution is 5.79. The van der Waals surface area contributed by atoms with Gasteiger partial charge in [-0.1, -0.05) is 18.2 Å². The number of hydrogen-bond acceptors (Lipinski definition) is 4. The number of fused-ring (bicyclic) bond motifs is 1. The SMILES string of the molecule is COC1CCC(C(=O)N2Cc3ccccc3OC3(CCC(N(C)C(C)=O)CC3)C2)CC1. The summed E-state index contributed by atoms with van der Waals surface area (Å²) in [6, 6.07) is 8.38. The number of para-hydroxylation sites is 1. The van der Waals surface area contributed by atoms with Crippen molar-refractivity contribution in [3.63, 3.8) is 0 Å². The van der Waals surface area contributed by atoms with E-state index in [1.807, 2.05) is 30.1 Å². The first kappa shape index (κ1) is 22.1. The molecule has 1 spiro atoms. The van der Waals surface area contributed by atoms with E-state index in [1.165, 1.54) is 0 Å². The third-order valence-corrected chi connectivity index (χ3v) is 7.72. The highest BCUT2D eigenvalue weighted by atomic mass is 16.5. The zero-order valence-corrected chi connectivity index (χ0v) is 19.1. The summed E-state index contributed by atoms with van der Waals surface area (Å²) in [6.07, 6.45) is 7.50. The van der Waals surface area contributed by atoms with Crippen LogP contribution in [-0.4, -0.2) is 60.1 Å². The molecule has 2 fully saturated rings. The van der Waals surface area contributed by atoms with Crippen molar-refractivity contribution in [1.29, 1.82) is 0 Å². The molecule has 6 nitrogen and oxygen atoms in total. The van der Waals surface area contributed by atoms with E-state index >= 15 is 0 Å². The van der Waals surface area contributed by atoms with E-state index in [0.717, 1.165) is 62.7 Å². The van der Waals surface area contributed by atoms with Crippen LogP contribution in [0.15, 0.2) is 24.3 Å². The molecule has 2 saturated carbocycles. The van der Waals surface area contributed by atoms with Crippen LogP contribution in [0.3, 0.4) is 0 Å². The standard InChI is InChI=1S/C25H36N2O4/c1-18(28)26(2)21-12-14-25(15-13-21)17-27(16-20-6-4-5-7-23(20)31-25)24(29)19-8-10-22(30-3)11-9-19/h4-7,19,21-22H,8-17H2,1-3H3. The smallest absolute Gasteiger partial charge is 0.226 e. The normalized spacial score (nSPS) is 30.8. The van der Waals surface area contributed by atoms with Crippen LogP contribution in [0.2, 0.25) is 0 Å². The minimum Gasteiger partial charge on any atom is -0.485 e. The number of ether oxygens (including phenoxy) is 2. The Kier molecular flexibility index (Phi) is 6.56. The predicted octanol–water partition coefficient (Wildman–Crippen LogP) is 3.77. The lowest BCUT2D eigenvalue weighted by Gasteiger charge is -2.44. The number of benzene rings is 1. The van der Waals surface area contributed by atoms with Crippen LogP contribution in [0.4, 0.5) is 0 Å². The Morgan fingerprint density at radius 2 is 1.77 bits per heavy atom. The lowest BCUT2D eigenvalue weighted by molar-refractivity contribution is -0.141. The topological polar surface area (TPSA) is 59.1 Å². The minimum atomic E-state index is -0.375. The highest BCUT2D eigenvalue weighted by Gasteiger charge is 2.44. The fourth-order valence-electron chi connectivity index (χ4n) is 5.60. The zero-order chi connectivity index (χ0) is 22.0. The van der Waals surface area contributed by atoms with E-state index in [4.69, 9.17) is 9.47 Å². The summed E-state index contributed by atoms with van der Waals surface area (Å²) in [4.78, 5) is 29.3. The van der Waals surface area contributed by atoms with Gasteiger partial charge in [0.2, 0.25) is 11.8 Å². The Balaban J connectivity index is 1.52. The van der Waals surface area contributed by atoms with Gasteiger partial charge in [-0.2, -0.15) is 0 Å². The molecule has 1 heterocycles. The van der Waals surface area contributed by atoms with Crippen LogP contribution >= 0.6 is 0 Å². The number of nitrogens with zero attached hydrogens (tertiary/aromatic N) is 2. The molecule has 0 unspecified atom stereocenters. The van der Waals surface area contributed by atoms with Crippen LogP contribution in [0.5, 0.6) is 5.75 Å². The molecular formula is C25H36N2O4. The number of rotatable bonds is 3. The largest absolute Gasteiger partial charge is 0.485 e. The van der Waals surface area contributed by atoms with Crippen LogP contribution in [-0.2, 0) is 20.9 Å². The van der Waals surface area contributed by atoms with Crippen molar-refractivity contribution in [3.8, 4) is 5.75 Å². The van der Waals surface area contributed by atoms with Crippen molar-refractivity contribution in [3.05, 3.63) is 29.8 Å². The second kappa shape index (κ2) is 9.19. The zero-order valence-electron chi connectivity index (χ0n) is 19.1. The summed E-state index contributed by atoms with van der Waals surface area (Å²) in [5.41, 5.74) is 0.710. The maximum atomic E-state index is 13.6. The molecule has 1 aromatic carbocycles. The van der Waals surface area contributed by atoms with Gasteiger partial charge in [-0.15, -0.1) is 0 Å². The molecule has 0 N–H and O–H groups in total. The summed E-state index contributed by atoms with van der Waals surface area (Å²) in [5, 5.41) is 0. The summed E-state index contributed by atoms with van der Waals surface area (Å²) >= 11 is 0. The van der Waals surface area contributed by atoms with E-state index < -0.39 is 0 Å². The number of methoxy groups -OCH3 is 1. The van der Waals surface area contributed by atoms with Gasteiger partial charge >= 0.3 is 0 Å². The molecule has 3 aliphatic rings. The molecule has 0 saturated heterocycles. The van der Waals surface area contributed by atoms with Crippen molar-refractivity contribution in [2.45, 2.75) is 82.6 Å². The quantitative estimate of drug-likeness (QED) is 0.735. The molecule has 6 heteroatoms. The van der Waals surface area contributed by atoms with Crippen molar-refractivity contribution in [2.75, 3.05) is 20.7 Å². The average Bonchev–Trinajstić information content (AvgIpc) is 2.95. The third-order valence-electron chi connectivity index (χ3n) is 7.72. The molecule has 4 rings (SSSR count). The Hall–Kier alpha value is -2.08. The van der Waals surface area contributed by atoms with Gasteiger partial charge in [0.15, 0.2) is 0 Å². The van der Waals surface area contributed by atoms with Crippen molar-refractivity contribution < 1.29 is 19.1 Å². The lowest BCUT2D eigenvalue weighted by Crippen LogP contribution is -2.53. The van der Waals surface area contributed by atoms with Gasteiger partial charge in [-0.25, -0.2) is 0 Å². The number of carbonyl (C=O) groups is 2. The number of hydrogen-bond donors (Lipinski definition) is 0. The highest BCUT2D eigenvalue weighted by Crippen LogP contribution is 2.40. The van der Waals surface area contributed by atoms with E-state index in [0.29, 0.717) is 13.1 Å². The Morgan fingerprint density at radius 3 is 2.42 bits per heavy atom. The van der Waals surface area contributed by atoms with Gasteiger partial charge in [-0.3, -0.25) is 9.59 Å². The van der Waals surface area contributed by atoms with Crippen LogP contribution in [0.1, 0.15) is 63.9 Å².